The van der Waals surface area contributed by atoms with Gasteiger partial charge in [-0.3, -0.25) is 4.79 Å². The number of nitrogens with zero attached hydrogens (tertiary/aromatic N) is 1. The summed E-state index contributed by atoms with van der Waals surface area (Å²) < 4.78 is 5.47. The van der Waals surface area contributed by atoms with Crippen molar-refractivity contribution < 1.29 is 14.6 Å². The van der Waals surface area contributed by atoms with Gasteiger partial charge in [0.1, 0.15) is 0 Å². The van der Waals surface area contributed by atoms with Gasteiger partial charge in [0, 0.05) is 18.0 Å². The monoisotopic (exact) mass is 256 g/mol. The molecule has 0 aromatic carbocycles. The third kappa shape index (κ3) is 3.41. The number of anilines is 1. The van der Waals surface area contributed by atoms with Crippen LogP contribution in [0.1, 0.15) is 25.5 Å². The van der Waals surface area contributed by atoms with Crippen molar-refractivity contribution in [1.82, 2.24) is 4.98 Å². The number of hydrogen-bond donors (Lipinski definition) is 2. The molecule has 0 unspecified atom stereocenters. The topological polar surface area (TPSA) is 71.5 Å². The summed E-state index contributed by atoms with van der Waals surface area (Å²) in [6.07, 6.45) is 2.37. The number of hydrogen-bond acceptors (Lipinski definition) is 5. The van der Waals surface area contributed by atoms with Gasteiger partial charge in [-0.2, -0.15) is 0 Å². The molecule has 0 spiro atoms. The number of carbonyl (C=O) groups is 1. The number of aromatic nitrogens is 1. The summed E-state index contributed by atoms with van der Waals surface area (Å²) in [5, 5.41) is 14.5. The zero-order chi connectivity index (χ0) is 12.3. The Bertz CT molecular complexity index is 388. The van der Waals surface area contributed by atoms with E-state index in [-0.39, 0.29) is 6.42 Å². The number of nitrogens with one attached hydrogen (secondary N) is 1. The van der Waals surface area contributed by atoms with Crippen molar-refractivity contribution in [3.8, 4) is 0 Å². The van der Waals surface area contributed by atoms with Gasteiger partial charge in [0.2, 0.25) is 0 Å². The zero-order valence-corrected chi connectivity index (χ0v) is 10.5. The normalized spacial score (nSPS) is 23.1. The maximum Gasteiger partial charge on any atom is 0.309 e. The number of aliphatic carboxylic acids is 1. The van der Waals surface area contributed by atoms with E-state index in [0.29, 0.717) is 17.8 Å². The van der Waals surface area contributed by atoms with Crippen molar-refractivity contribution in [3.05, 3.63) is 11.1 Å². The number of rotatable bonds is 6. The van der Waals surface area contributed by atoms with Gasteiger partial charge < -0.3 is 15.2 Å². The minimum Gasteiger partial charge on any atom is -0.481 e. The van der Waals surface area contributed by atoms with Gasteiger partial charge in [0.05, 0.1) is 18.2 Å². The van der Waals surface area contributed by atoms with E-state index in [1.165, 1.54) is 11.3 Å². The van der Waals surface area contributed by atoms with Gasteiger partial charge in [0.25, 0.3) is 0 Å². The Labute approximate surface area is 104 Å². The van der Waals surface area contributed by atoms with Gasteiger partial charge in [-0.1, -0.05) is 0 Å². The molecule has 6 heteroatoms. The highest BCUT2D eigenvalue weighted by Gasteiger charge is 2.29. The lowest BCUT2D eigenvalue weighted by Gasteiger charge is -2.35. The van der Waals surface area contributed by atoms with Gasteiger partial charge in [0.15, 0.2) is 5.13 Å². The summed E-state index contributed by atoms with van der Waals surface area (Å²) in [5.41, 5.74) is 0.616. The number of thiazole rings is 1. The van der Waals surface area contributed by atoms with E-state index in [1.807, 2.05) is 6.92 Å². The van der Waals surface area contributed by atoms with Crippen LogP contribution < -0.4 is 5.32 Å². The maximum absolute atomic E-state index is 10.5. The first-order valence-electron chi connectivity index (χ1n) is 5.71. The number of carboxylic acids is 1. The zero-order valence-electron chi connectivity index (χ0n) is 9.68. The standard InChI is InChI=1S/C11H16N2O3S/c1-2-16-9-3-7(4-9)12-11-13-8(6-17-11)5-10(14)15/h6-7,9H,2-5H2,1H3,(H,12,13)(H,14,15). The molecule has 1 saturated carbocycles. The average molecular weight is 256 g/mol. The molecule has 0 atom stereocenters. The molecule has 1 fully saturated rings. The average Bonchev–Trinajstić information content (AvgIpc) is 2.61. The predicted octanol–water partition coefficient (Wildman–Crippen LogP) is 1.75. The second kappa shape index (κ2) is 5.46. The van der Waals surface area contributed by atoms with E-state index in [2.05, 4.69) is 10.3 Å². The van der Waals surface area contributed by atoms with Gasteiger partial charge in [-0.05, 0) is 19.8 Å². The Hall–Kier alpha value is -1.14. The Morgan fingerprint density at radius 3 is 3.12 bits per heavy atom. The van der Waals surface area contributed by atoms with Gasteiger partial charge in [-0.25, -0.2) is 4.98 Å². The molecular weight excluding hydrogens is 240 g/mol. The van der Waals surface area contributed by atoms with Crippen LogP contribution in [0.15, 0.2) is 5.38 Å². The Kier molecular flexibility index (Phi) is 3.96. The van der Waals surface area contributed by atoms with E-state index in [1.54, 1.807) is 5.38 Å². The molecule has 94 valence electrons. The third-order valence-electron chi connectivity index (χ3n) is 2.71. The summed E-state index contributed by atoms with van der Waals surface area (Å²) >= 11 is 1.46. The van der Waals surface area contributed by atoms with Crippen molar-refractivity contribution in [2.24, 2.45) is 0 Å². The highest BCUT2D eigenvalue weighted by atomic mass is 32.1. The second-order valence-electron chi connectivity index (χ2n) is 4.10. The third-order valence-corrected chi connectivity index (χ3v) is 3.53. The van der Waals surface area contributed by atoms with Crippen LogP contribution in [0.3, 0.4) is 0 Å². The summed E-state index contributed by atoms with van der Waals surface area (Å²) in [6, 6.07) is 0.412. The summed E-state index contributed by atoms with van der Waals surface area (Å²) in [5.74, 6) is -0.845. The van der Waals surface area contributed by atoms with Gasteiger partial charge >= 0.3 is 5.97 Å². The molecular formula is C11H16N2O3S. The smallest absolute Gasteiger partial charge is 0.309 e. The minimum atomic E-state index is -0.845. The van der Waals surface area contributed by atoms with E-state index in [4.69, 9.17) is 9.84 Å². The lowest BCUT2D eigenvalue weighted by Crippen LogP contribution is -2.40. The summed E-state index contributed by atoms with van der Waals surface area (Å²) in [7, 11) is 0. The van der Waals surface area contributed by atoms with Crippen LogP contribution in [-0.2, 0) is 16.0 Å². The van der Waals surface area contributed by atoms with E-state index < -0.39 is 5.97 Å². The van der Waals surface area contributed by atoms with Crippen LogP contribution >= 0.6 is 11.3 Å². The van der Waals surface area contributed by atoms with Crippen LogP contribution in [0.4, 0.5) is 5.13 Å². The summed E-state index contributed by atoms with van der Waals surface area (Å²) in [6.45, 7) is 2.76. The van der Waals surface area contributed by atoms with Crippen LogP contribution in [0.2, 0.25) is 0 Å². The lowest BCUT2D eigenvalue weighted by molar-refractivity contribution is -0.136. The van der Waals surface area contributed by atoms with Crippen molar-refractivity contribution >= 4 is 22.4 Å². The Morgan fingerprint density at radius 1 is 1.71 bits per heavy atom. The quantitative estimate of drug-likeness (QED) is 0.811. The molecule has 1 aliphatic carbocycles. The lowest BCUT2D eigenvalue weighted by atomic mass is 9.89. The molecule has 17 heavy (non-hydrogen) atoms. The first kappa shape index (κ1) is 12.3. The molecule has 1 heterocycles. The molecule has 1 aromatic heterocycles. The van der Waals surface area contributed by atoms with Gasteiger partial charge in [-0.15, -0.1) is 11.3 Å². The largest absolute Gasteiger partial charge is 0.481 e. The van der Waals surface area contributed by atoms with Crippen molar-refractivity contribution in [2.45, 2.75) is 38.3 Å². The van der Waals surface area contributed by atoms with Crippen LogP contribution in [0.25, 0.3) is 0 Å². The highest BCUT2D eigenvalue weighted by molar-refractivity contribution is 7.13. The molecule has 1 aromatic rings. The number of ether oxygens (including phenoxy) is 1. The maximum atomic E-state index is 10.5. The SMILES string of the molecule is CCOC1CC(Nc2nc(CC(=O)O)cs2)C1. The number of carboxylic acid groups (broad SMARTS) is 1. The molecule has 0 amide bonds. The second-order valence-corrected chi connectivity index (χ2v) is 4.96. The van der Waals surface area contributed by atoms with E-state index in [9.17, 15) is 4.79 Å². The molecule has 5 nitrogen and oxygen atoms in total. The fourth-order valence-corrected chi connectivity index (χ4v) is 2.63. The Balaban J connectivity index is 1.76. The van der Waals surface area contributed by atoms with Crippen molar-refractivity contribution in [2.75, 3.05) is 11.9 Å². The highest BCUT2D eigenvalue weighted by Crippen LogP contribution is 2.28. The summed E-state index contributed by atoms with van der Waals surface area (Å²) in [4.78, 5) is 14.7. The fraction of sp³-hybridized carbons (Fsp3) is 0.636. The van der Waals surface area contributed by atoms with Crippen LogP contribution in [0, 0.1) is 0 Å². The molecule has 0 saturated heterocycles. The molecule has 0 radical (unpaired) electrons. The van der Waals surface area contributed by atoms with Crippen LogP contribution in [0.5, 0.6) is 0 Å². The molecule has 2 rings (SSSR count). The first-order chi connectivity index (χ1) is 8.17. The van der Waals surface area contributed by atoms with E-state index in [0.717, 1.165) is 24.6 Å². The van der Waals surface area contributed by atoms with E-state index >= 15 is 0 Å². The first-order valence-corrected chi connectivity index (χ1v) is 6.59. The molecule has 0 bridgehead atoms. The van der Waals surface area contributed by atoms with Crippen molar-refractivity contribution in [1.29, 1.82) is 0 Å². The predicted molar refractivity (Wildman–Crippen MR) is 65.5 cm³/mol. The van der Waals surface area contributed by atoms with Crippen LogP contribution in [-0.4, -0.2) is 34.8 Å². The molecule has 0 aliphatic heterocycles. The Morgan fingerprint density at radius 2 is 2.47 bits per heavy atom. The fourth-order valence-electron chi connectivity index (χ4n) is 1.84. The van der Waals surface area contributed by atoms with Crippen molar-refractivity contribution in [3.63, 3.8) is 0 Å². The molecule has 2 N–H and O–H groups in total. The molecule has 1 aliphatic rings. The minimum absolute atomic E-state index is 0.00951.